The number of rotatable bonds is 3. The van der Waals surface area contributed by atoms with Gasteiger partial charge in [0.15, 0.2) is 12.0 Å². The highest BCUT2D eigenvalue weighted by molar-refractivity contribution is 5.84. The topological polar surface area (TPSA) is 48.0 Å². The molecule has 0 N–H and O–H groups in total. The maximum atomic E-state index is 13.1. The van der Waals surface area contributed by atoms with Crippen LogP contribution in [0.3, 0.4) is 0 Å². The van der Waals surface area contributed by atoms with Crippen molar-refractivity contribution in [3.63, 3.8) is 0 Å². The number of furan rings is 1. The molecule has 0 fully saturated rings. The number of hydrogen-bond donors (Lipinski definition) is 0. The van der Waals surface area contributed by atoms with Crippen LogP contribution in [0.25, 0.3) is 17.1 Å². The first-order valence-electron chi connectivity index (χ1n) is 6.04. The molecule has 0 saturated carbocycles. The Balaban J connectivity index is 2.14. The number of hydrogen-bond acceptors (Lipinski definition) is 3. The fourth-order valence-electron chi connectivity index (χ4n) is 2.08. The predicted molar refractivity (Wildman–Crippen MR) is 71.3 cm³/mol. The van der Waals surface area contributed by atoms with Gasteiger partial charge in [-0.2, -0.15) is 5.10 Å². The molecule has 0 radical (unpaired) electrons. The van der Waals surface area contributed by atoms with E-state index in [1.807, 2.05) is 0 Å². The lowest BCUT2D eigenvalue weighted by atomic mass is 10.2. The van der Waals surface area contributed by atoms with Crippen LogP contribution < -0.4 is 0 Å². The van der Waals surface area contributed by atoms with Gasteiger partial charge in [0.05, 0.1) is 17.5 Å². The summed E-state index contributed by atoms with van der Waals surface area (Å²) in [6.45, 7) is 1.78. The molecule has 0 aliphatic rings. The first-order valence-corrected chi connectivity index (χ1v) is 6.04. The zero-order valence-electron chi connectivity index (χ0n) is 10.7. The van der Waals surface area contributed by atoms with E-state index >= 15 is 0 Å². The Bertz CT molecular complexity index is 760. The molecule has 0 spiro atoms. The van der Waals surface area contributed by atoms with E-state index in [1.54, 1.807) is 36.0 Å². The summed E-state index contributed by atoms with van der Waals surface area (Å²) < 4.78 is 20.0. The summed E-state index contributed by atoms with van der Waals surface area (Å²) in [7, 11) is 0. The Hall–Kier alpha value is -2.69. The quantitative estimate of drug-likeness (QED) is 0.685. The smallest absolute Gasteiger partial charge is 0.154 e. The van der Waals surface area contributed by atoms with Crippen molar-refractivity contribution in [3.8, 4) is 17.1 Å². The highest BCUT2D eigenvalue weighted by Gasteiger charge is 2.14. The normalized spacial score (nSPS) is 10.7. The van der Waals surface area contributed by atoms with Crippen LogP contribution in [0.1, 0.15) is 15.9 Å². The van der Waals surface area contributed by atoms with Crippen molar-refractivity contribution in [2.24, 2.45) is 0 Å². The highest BCUT2D eigenvalue weighted by Crippen LogP contribution is 2.24. The van der Waals surface area contributed by atoms with Crippen LogP contribution in [0.4, 0.5) is 4.39 Å². The number of carbonyl (C=O) groups excluding carboxylic acids is 1. The molecule has 1 aromatic carbocycles. The molecule has 2 heterocycles. The van der Waals surface area contributed by atoms with Gasteiger partial charge < -0.3 is 4.42 Å². The summed E-state index contributed by atoms with van der Waals surface area (Å²) in [6.07, 6.45) is 3.84. The second-order valence-corrected chi connectivity index (χ2v) is 4.40. The predicted octanol–water partition coefficient (Wildman–Crippen LogP) is 3.39. The van der Waals surface area contributed by atoms with E-state index in [1.165, 1.54) is 18.4 Å². The number of aldehydes is 1. The molecule has 3 rings (SSSR count). The number of aryl methyl sites for hydroxylation is 1. The van der Waals surface area contributed by atoms with E-state index in [-0.39, 0.29) is 5.82 Å². The Labute approximate surface area is 114 Å². The Morgan fingerprint density at radius 1 is 1.35 bits per heavy atom. The van der Waals surface area contributed by atoms with Gasteiger partial charge in [0.25, 0.3) is 0 Å². The van der Waals surface area contributed by atoms with Crippen LogP contribution in [0, 0.1) is 12.7 Å². The molecule has 0 aliphatic heterocycles. The average Bonchev–Trinajstić information content (AvgIpc) is 3.07. The van der Waals surface area contributed by atoms with Crippen molar-refractivity contribution in [3.05, 3.63) is 59.7 Å². The Morgan fingerprint density at radius 3 is 2.85 bits per heavy atom. The van der Waals surface area contributed by atoms with Gasteiger partial charge in [-0.3, -0.25) is 4.79 Å². The largest absolute Gasteiger partial charge is 0.463 e. The van der Waals surface area contributed by atoms with E-state index in [4.69, 9.17) is 4.42 Å². The van der Waals surface area contributed by atoms with Crippen molar-refractivity contribution < 1.29 is 13.6 Å². The molecule has 20 heavy (non-hydrogen) atoms. The molecule has 0 amide bonds. The fourth-order valence-corrected chi connectivity index (χ4v) is 2.08. The van der Waals surface area contributed by atoms with E-state index in [2.05, 4.69) is 5.10 Å². The van der Waals surface area contributed by atoms with Gasteiger partial charge in [0, 0.05) is 6.20 Å². The minimum absolute atomic E-state index is 0.305. The lowest BCUT2D eigenvalue weighted by molar-refractivity contribution is 0.112. The molecule has 5 heteroatoms. The van der Waals surface area contributed by atoms with Crippen LogP contribution in [-0.2, 0) is 0 Å². The van der Waals surface area contributed by atoms with Crippen molar-refractivity contribution in [1.29, 1.82) is 0 Å². The van der Waals surface area contributed by atoms with E-state index in [0.717, 1.165) is 11.8 Å². The number of halogens is 1. The number of nitrogens with zero attached hydrogens (tertiary/aromatic N) is 2. The first kappa shape index (κ1) is 12.3. The first-order chi connectivity index (χ1) is 9.69. The van der Waals surface area contributed by atoms with Crippen LogP contribution >= 0.6 is 0 Å². The molecular formula is C15H11FN2O2. The third-order valence-electron chi connectivity index (χ3n) is 3.03. The van der Waals surface area contributed by atoms with Crippen LogP contribution in [-0.4, -0.2) is 16.1 Å². The van der Waals surface area contributed by atoms with Crippen molar-refractivity contribution in [1.82, 2.24) is 9.78 Å². The molecular weight excluding hydrogens is 259 g/mol. The number of benzene rings is 1. The lowest BCUT2D eigenvalue weighted by Gasteiger charge is -2.05. The SMILES string of the molecule is Cc1cc(F)ccc1-n1cc(C=O)c(-c2ccco2)n1. The third-order valence-corrected chi connectivity index (χ3v) is 3.03. The van der Waals surface area contributed by atoms with Crippen LogP contribution in [0.15, 0.2) is 47.2 Å². The zero-order chi connectivity index (χ0) is 14.1. The maximum Gasteiger partial charge on any atom is 0.154 e. The maximum absolute atomic E-state index is 13.1. The van der Waals surface area contributed by atoms with E-state index in [0.29, 0.717) is 22.7 Å². The van der Waals surface area contributed by atoms with Crippen molar-refractivity contribution in [2.75, 3.05) is 0 Å². The molecule has 0 bridgehead atoms. The second kappa shape index (κ2) is 4.77. The zero-order valence-corrected chi connectivity index (χ0v) is 10.7. The highest BCUT2D eigenvalue weighted by atomic mass is 19.1. The molecule has 3 aromatic rings. The number of carbonyl (C=O) groups is 1. The Morgan fingerprint density at radius 2 is 2.20 bits per heavy atom. The van der Waals surface area contributed by atoms with Gasteiger partial charge in [-0.05, 0) is 42.8 Å². The lowest BCUT2D eigenvalue weighted by Crippen LogP contribution is -1.98. The molecule has 4 nitrogen and oxygen atoms in total. The summed E-state index contributed by atoms with van der Waals surface area (Å²) in [4.78, 5) is 11.2. The van der Waals surface area contributed by atoms with Gasteiger partial charge in [-0.25, -0.2) is 9.07 Å². The molecule has 0 aliphatic carbocycles. The van der Waals surface area contributed by atoms with Crippen LogP contribution in [0.5, 0.6) is 0 Å². The standard InChI is InChI=1S/C15H11FN2O2/c1-10-7-12(16)4-5-13(10)18-8-11(9-19)15(17-18)14-3-2-6-20-14/h2-9H,1H3. The van der Waals surface area contributed by atoms with Gasteiger partial charge >= 0.3 is 0 Å². The fraction of sp³-hybridized carbons (Fsp3) is 0.0667. The molecule has 2 aromatic heterocycles. The third kappa shape index (κ3) is 2.03. The molecule has 0 saturated heterocycles. The van der Waals surface area contributed by atoms with Crippen molar-refractivity contribution in [2.45, 2.75) is 6.92 Å². The van der Waals surface area contributed by atoms with Crippen molar-refractivity contribution >= 4 is 6.29 Å². The summed E-state index contributed by atoms with van der Waals surface area (Å²) in [5, 5.41) is 4.35. The van der Waals surface area contributed by atoms with E-state index < -0.39 is 0 Å². The van der Waals surface area contributed by atoms with Gasteiger partial charge in [0.1, 0.15) is 11.5 Å². The summed E-state index contributed by atoms with van der Waals surface area (Å²) in [5.41, 5.74) is 2.33. The second-order valence-electron chi connectivity index (χ2n) is 4.40. The monoisotopic (exact) mass is 270 g/mol. The summed E-state index contributed by atoms with van der Waals surface area (Å²) >= 11 is 0. The van der Waals surface area contributed by atoms with Gasteiger partial charge in [-0.15, -0.1) is 0 Å². The molecule has 100 valence electrons. The van der Waals surface area contributed by atoms with Gasteiger partial charge in [-0.1, -0.05) is 0 Å². The number of aromatic nitrogens is 2. The molecule has 0 atom stereocenters. The van der Waals surface area contributed by atoms with Gasteiger partial charge in [0.2, 0.25) is 0 Å². The molecule has 0 unspecified atom stereocenters. The average molecular weight is 270 g/mol. The minimum Gasteiger partial charge on any atom is -0.463 e. The summed E-state index contributed by atoms with van der Waals surface area (Å²) in [5.74, 6) is 0.214. The Kier molecular flexibility index (Phi) is 2.95. The van der Waals surface area contributed by atoms with E-state index in [9.17, 15) is 9.18 Å². The minimum atomic E-state index is -0.305. The summed E-state index contributed by atoms with van der Waals surface area (Å²) in [6, 6.07) is 7.86. The van der Waals surface area contributed by atoms with Crippen LogP contribution in [0.2, 0.25) is 0 Å².